The molecule has 192 valence electrons. The summed E-state index contributed by atoms with van der Waals surface area (Å²) in [6.07, 6.45) is 7.02. The first kappa shape index (κ1) is 25.0. The number of hydrogen-bond acceptors (Lipinski definition) is 4. The van der Waals surface area contributed by atoms with E-state index in [1.807, 2.05) is 0 Å². The second kappa shape index (κ2) is 9.88. The lowest BCUT2D eigenvalue weighted by Gasteiger charge is -2.10. The van der Waals surface area contributed by atoms with Crippen LogP contribution in [0.25, 0.3) is 65.2 Å². The second-order valence-corrected chi connectivity index (χ2v) is 11.8. The molecule has 0 aliphatic carbocycles. The van der Waals surface area contributed by atoms with Gasteiger partial charge in [0.1, 0.15) is 0 Å². The smallest absolute Gasteiger partial charge is 0.0972 e. The Hall–Kier alpha value is -4.00. The van der Waals surface area contributed by atoms with E-state index < -0.39 is 0 Å². The Morgan fingerprint density at radius 1 is 0.375 bits per heavy atom. The normalized spacial score (nSPS) is 11.5. The Morgan fingerprint density at radius 2 is 0.675 bits per heavy atom. The predicted molar refractivity (Wildman–Crippen MR) is 174 cm³/mol. The van der Waals surface area contributed by atoms with Crippen LogP contribution in [0.15, 0.2) is 107 Å². The first-order chi connectivity index (χ1) is 19.5. The van der Waals surface area contributed by atoms with Crippen LogP contribution in [0.1, 0.15) is 11.1 Å². The summed E-state index contributed by atoms with van der Waals surface area (Å²) in [6.45, 7) is 4.22. The van der Waals surface area contributed by atoms with Crippen LogP contribution >= 0.6 is 31.9 Å². The average molecular weight is 646 g/mol. The molecule has 40 heavy (non-hydrogen) atoms. The first-order valence-electron chi connectivity index (χ1n) is 12.9. The molecule has 0 saturated carbocycles. The highest BCUT2D eigenvalue weighted by Crippen LogP contribution is 2.36. The van der Waals surface area contributed by atoms with Crippen molar-refractivity contribution in [2.24, 2.45) is 0 Å². The lowest BCUT2D eigenvalue weighted by molar-refractivity contribution is 1.31. The van der Waals surface area contributed by atoms with E-state index in [1.54, 1.807) is 24.8 Å². The van der Waals surface area contributed by atoms with Crippen LogP contribution in [0.5, 0.6) is 0 Å². The van der Waals surface area contributed by atoms with E-state index in [4.69, 9.17) is 0 Å². The van der Waals surface area contributed by atoms with Crippen LogP contribution in [0.3, 0.4) is 0 Å². The molecule has 0 aliphatic rings. The Labute approximate surface area is 247 Å². The SMILES string of the molecule is Brc1ccc2c3ccc(Br)cc3c3nccnc3c2c1.Cc1ccc2c3ccc(C)cc3c3nccnc3c2c1. The van der Waals surface area contributed by atoms with Crippen LogP contribution < -0.4 is 0 Å². The Balaban J connectivity index is 0.000000132. The summed E-state index contributed by atoms with van der Waals surface area (Å²) < 4.78 is 2.10. The zero-order valence-corrected chi connectivity index (χ0v) is 25.0. The fraction of sp³-hybridized carbons (Fsp3) is 0.0588. The standard InChI is InChI=1S/C18H14N2.C16H8Br2N2/c1-11-3-5-13-14-6-4-12(2)10-16(14)18-17(15(13)9-11)19-7-8-20-18;17-9-1-3-11-12-4-2-10(18)8-14(12)16-15(13(11)7-9)19-5-6-20-16/h3-10H,1-2H3;1-8H. The van der Waals surface area contributed by atoms with Gasteiger partial charge in [-0.25, -0.2) is 0 Å². The highest BCUT2D eigenvalue weighted by molar-refractivity contribution is 9.10. The Kier molecular flexibility index (Phi) is 6.17. The minimum Gasteiger partial charge on any atom is -0.252 e. The predicted octanol–water partition coefficient (Wildman–Crippen LogP) is 10.0. The van der Waals surface area contributed by atoms with E-state index in [9.17, 15) is 0 Å². The van der Waals surface area contributed by atoms with Crippen molar-refractivity contribution in [3.63, 3.8) is 0 Å². The number of aryl methyl sites for hydroxylation is 2. The largest absolute Gasteiger partial charge is 0.252 e. The topological polar surface area (TPSA) is 51.6 Å². The molecule has 6 heteroatoms. The molecule has 2 heterocycles. The van der Waals surface area contributed by atoms with Gasteiger partial charge >= 0.3 is 0 Å². The van der Waals surface area contributed by atoms with Crippen LogP contribution in [-0.2, 0) is 0 Å². The van der Waals surface area contributed by atoms with Gasteiger partial charge in [0.15, 0.2) is 0 Å². The van der Waals surface area contributed by atoms with Gasteiger partial charge in [0.25, 0.3) is 0 Å². The summed E-state index contributed by atoms with van der Waals surface area (Å²) in [5.74, 6) is 0. The monoisotopic (exact) mass is 644 g/mol. The molecule has 0 radical (unpaired) electrons. The maximum atomic E-state index is 4.57. The van der Waals surface area contributed by atoms with Gasteiger partial charge in [0.2, 0.25) is 0 Å². The number of aromatic nitrogens is 4. The van der Waals surface area contributed by atoms with Gasteiger partial charge in [-0.05, 0) is 71.8 Å². The number of benzene rings is 6. The number of nitrogens with zero attached hydrogens (tertiary/aromatic N) is 4. The fourth-order valence-corrected chi connectivity index (χ4v) is 6.26. The van der Waals surface area contributed by atoms with Crippen molar-refractivity contribution in [3.05, 3.63) is 118 Å². The second-order valence-electron chi connectivity index (χ2n) is 9.98. The zero-order valence-electron chi connectivity index (χ0n) is 21.8. The molecule has 0 amide bonds. The molecule has 0 fully saturated rings. The van der Waals surface area contributed by atoms with Crippen LogP contribution in [0, 0.1) is 13.8 Å². The minimum atomic E-state index is 0.939. The van der Waals surface area contributed by atoms with Crippen molar-refractivity contribution in [2.75, 3.05) is 0 Å². The summed E-state index contributed by atoms with van der Waals surface area (Å²) in [7, 11) is 0. The van der Waals surface area contributed by atoms with Gasteiger partial charge in [-0.1, -0.05) is 79.4 Å². The molecule has 0 unspecified atom stereocenters. The van der Waals surface area contributed by atoms with Gasteiger partial charge in [-0.3, -0.25) is 19.9 Å². The summed E-state index contributed by atoms with van der Waals surface area (Å²) in [6, 6.07) is 25.7. The molecule has 4 nitrogen and oxygen atoms in total. The van der Waals surface area contributed by atoms with E-state index >= 15 is 0 Å². The van der Waals surface area contributed by atoms with Crippen molar-refractivity contribution < 1.29 is 0 Å². The molecule has 2 aromatic heterocycles. The van der Waals surface area contributed by atoms with Gasteiger partial charge in [-0.2, -0.15) is 0 Å². The Bertz CT molecular complexity index is 1910. The number of halogens is 2. The van der Waals surface area contributed by atoms with E-state index in [-0.39, 0.29) is 0 Å². The maximum Gasteiger partial charge on any atom is 0.0972 e. The molecule has 0 N–H and O–H groups in total. The van der Waals surface area contributed by atoms with Crippen molar-refractivity contribution in [2.45, 2.75) is 13.8 Å². The van der Waals surface area contributed by atoms with Crippen LogP contribution in [0.2, 0.25) is 0 Å². The lowest BCUT2D eigenvalue weighted by Crippen LogP contribution is -1.89. The van der Waals surface area contributed by atoms with E-state index in [0.717, 1.165) is 41.8 Å². The third-order valence-corrected chi connectivity index (χ3v) is 8.30. The van der Waals surface area contributed by atoms with Crippen molar-refractivity contribution >= 4 is 97.0 Å². The van der Waals surface area contributed by atoms with Gasteiger partial charge in [0, 0.05) is 55.3 Å². The van der Waals surface area contributed by atoms with Crippen molar-refractivity contribution in [3.8, 4) is 0 Å². The number of rotatable bonds is 0. The Morgan fingerprint density at radius 3 is 1.02 bits per heavy atom. The van der Waals surface area contributed by atoms with Crippen molar-refractivity contribution in [1.82, 2.24) is 19.9 Å². The molecule has 0 saturated heterocycles. The highest BCUT2D eigenvalue weighted by Gasteiger charge is 2.12. The average Bonchev–Trinajstić information content (AvgIpc) is 2.98. The van der Waals surface area contributed by atoms with E-state index in [0.29, 0.717) is 0 Å². The third-order valence-electron chi connectivity index (χ3n) is 7.31. The molecule has 0 aliphatic heterocycles. The van der Waals surface area contributed by atoms with Gasteiger partial charge < -0.3 is 0 Å². The number of fused-ring (bicyclic) bond motifs is 12. The lowest BCUT2D eigenvalue weighted by atomic mass is 9.97. The highest BCUT2D eigenvalue weighted by atomic mass is 79.9. The first-order valence-corrected chi connectivity index (χ1v) is 14.5. The molecule has 6 aromatic carbocycles. The minimum absolute atomic E-state index is 0.939. The summed E-state index contributed by atoms with van der Waals surface area (Å²) in [5, 5.41) is 9.51. The quantitative estimate of drug-likeness (QED) is 0.154. The van der Waals surface area contributed by atoms with Crippen molar-refractivity contribution in [1.29, 1.82) is 0 Å². The van der Waals surface area contributed by atoms with E-state index in [1.165, 1.54) is 43.4 Å². The van der Waals surface area contributed by atoms with E-state index in [2.05, 4.69) is 138 Å². The summed E-state index contributed by atoms with van der Waals surface area (Å²) >= 11 is 7.08. The maximum absolute atomic E-state index is 4.57. The van der Waals surface area contributed by atoms with Crippen LogP contribution in [0.4, 0.5) is 0 Å². The molecule has 0 spiro atoms. The molecule has 8 aromatic rings. The molecular weight excluding hydrogens is 624 g/mol. The molecular formula is C34H22Br2N4. The molecule has 8 rings (SSSR count). The molecule has 0 atom stereocenters. The zero-order chi connectivity index (χ0) is 27.4. The molecule has 0 bridgehead atoms. The number of hydrogen-bond donors (Lipinski definition) is 0. The summed E-state index contributed by atoms with van der Waals surface area (Å²) in [4.78, 5) is 18.2. The van der Waals surface area contributed by atoms with Crippen LogP contribution in [-0.4, -0.2) is 19.9 Å². The summed E-state index contributed by atoms with van der Waals surface area (Å²) in [5.41, 5.74) is 6.35. The van der Waals surface area contributed by atoms with Gasteiger partial charge in [0.05, 0.1) is 22.1 Å². The fourth-order valence-electron chi connectivity index (χ4n) is 5.54. The van der Waals surface area contributed by atoms with Gasteiger partial charge in [-0.15, -0.1) is 0 Å². The third kappa shape index (κ3) is 4.19.